The van der Waals surface area contributed by atoms with Gasteiger partial charge in [-0.15, -0.1) is 34.2 Å². The minimum Gasteiger partial charge on any atom is -0.384 e. The van der Waals surface area contributed by atoms with Gasteiger partial charge in [-0.3, -0.25) is 9.39 Å². The Morgan fingerprint density at radius 3 is 2.81 bits per heavy atom. The van der Waals surface area contributed by atoms with E-state index < -0.39 is 11.7 Å². The monoisotopic (exact) mass is 498 g/mol. The van der Waals surface area contributed by atoms with E-state index in [0.29, 0.717) is 30.0 Å². The van der Waals surface area contributed by atoms with E-state index in [0.717, 1.165) is 31.8 Å². The molecule has 0 amide bonds. The van der Waals surface area contributed by atoms with Crippen molar-refractivity contribution in [2.75, 3.05) is 33.9 Å². The molecule has 0 radical (unpaired) electrons. The third-order valence-electron chi connectivity index (χ3n) is 4.40. The van der Waals surface area contributed by atoms with E-state index in [1.807, 2.05) is 0 Å². The number of hydrogen-bond acceptors (Lipinski definition) is 4. The maximum atomic E-state index is 12.9. The van der Waals surface area contributed by atoms with E-state index in [4.69, 9.17) is 4.74 Å². The minimum atomic E-state index is -4.41. The fourth-order valence-corrected chi connectivity index (χ4v) is 3.11. The van der Waals surface area contributed by atoms with Gasteiger partial charge in [0.25, 0.3) is 0 Å². The van der Waals surface area contributed by atoms with Crippen molar-refractivity contribution in [2.45, 2.75) is 19.1 Å². The van der Waals surface area contributed by atoms with E-state index in [1.165, 1.54) is 10.5 Å². The van der Waals surface area contributed by atoms with Crippen LogP contribution < -0.4 is 5.32 Å². The third kappa shape index (κ3) is 5.00. The molecular weight excluding hydrogens is 476 g/mol. The van der Waals surface area contributed by atoms with Gasteiger partial charge in [0.2, 0.25) is 0 Å². The number of alkyl halides is 3. The largest absolute Gasteiger partial charge is 0.417 e. The molecule has 7 nitrogen and oxygen atoms in total. The predicted molar refractivity (Wildman–Crippen MR) is 105 cm³/mol. The van der Waals surface area contributed by atoms with Crippen molar-refractivity contribution < 1.29 is 17.9 Å². The SMILES string of the molecule is CN=C(NCc1nnc2ccc(C(F)(F)F)cn12)N1CCC(COC)C1.I. The number of guanidine groups is 1. The molecule has 1 atom stereocenters. The molecule has 27 heavy (non-hydrogen) atoms. The van der Waals surface area contributed by atoms with Gasteiger partial charge in [-0.1, -0.05) is 0 Å². The van der Waals surface area contributed by atoms with E-state index in [9.17, 15) is 13.2 Å². The van der Waals surface area contributed by atoms with E-state index in [1.54, 1.807) is 14.2 Å². The summed E-state index contributed by atoms with van der Waals surface area (Å²) in [7, 11) is 3.36. The van der Waals surface area contributed by atoms with E-state index in [-0.39, 0.29) is 30.5 Å². The van der Waals surface area contributed by atoms with Crippen molar-refractivity contribution in [2.24, 2.45) is 10.9 Å². The molecule has 1 unspecified atom stereocenters. The molecule has 1 aliphatic heterocycles. The van der Waals surface area contributed by atoms with Gasteiger partial charge in [-0.05, 0) is 18.6 Å². The first kappa shape index (κ1) is 21.7. The number of pyridine rings is 1. The van der Waals surface area contributed by atoms with Crippen molar-refractivity contribution in [3.63, 3.8) is 0 Å². The van der Waals surface area contributed by atoms with Crippen LogP contribution in [-0.4, -0.2) is 59.3 Å². The molecule has 1 N–H and O–H groups in total. The number of hydrogen-bond donors (Lipinski definition) is 1. The van der Waals surface area contributed by atoms with Crippen molar-refractivity contribution in [3.05, 3.63) is 29.7 Å². The van der Waals surface area contributed by atoms with Crippen molar-refractivity contribution >= 4 is 35.6 Å². The fourth-order valence-electron chi connectivity index (χ4n) is 3.11. The number of halogens is 4. The topological polar surface area (TPSA) is 67.0 Å². The van der Waals surface area contributed by atoms with Crippen LogP contribution in [-0.2, 0) is 17.5 Å². The van der Waals surface area contributed by atoms with Crippen molar-refractivity contribution in [3.8, 4) is 0 Å². The molecule has 0 saturated carbocycles. The molecule has 11 heteroatoms. The number of aliphatic imine (C=N–C) groups is 1. The fraction of sp³-hybridized carbons (Fsp3) is 0.562. The Bertz CT molecular complexity index is 794. The summed E-state index contributed by atoms with van der Waals surface area (Å²) in [4.78, 5) is 6.36. The van der Waals surface area contributed by atoms with Crippen LogP contribution in [0.3, 0.4) is 0 Å². The van der Waals surface area contributed by atoms with Crippen LogP contribution in [0.5, 0.6) is 0 Å². The van der Waals surface area contributed by atoms with Gasteiger partial charge in [-0.2, -0.15) is 13.2 Å². The second kappa shape index (κ2) is 9.04. The van der Waals surface area contributed by atoms with Gasteiger partial charge in [0, 0.05) is 39.4 Å². The Morgan fingerprint density at radius 2 is 2.15 bits per heavy atom. The minimum absolute atomic E-state index is 0. The highest BCUT2D eigenvalue weighted by Crippen LogP contribution is 2.29. The first-order valence-corrected chi connectivity index (χ1v) is 8.27. The molecule has 0 aromatic carbocycles. The summed E-state index contributed by atoms with van der Waals surface area (Å²) in [6, 6.07) is 2.31. The van der Waals surface area contributed by atoms with Crippen molar-refractivity contribution in [1.82, 2.24) is 24.8 Å². The van der Waals surface area contributed by atoms with Gasteiger partial charge >= 0.3 is 6.18 Å². The lowest BCUT2D eigenvalue weighted by molar-refractivity contribution is -0.137. The predicted octanol–water partition coefficient (Wildman–Crippen LogP) is 2.41. The smallest absolute Gasteiger partial charge is 0.384 e. The number of rotatable bonds is 4. The Balaban J connectivity index is 0.00000261. The van der Waals surface area contributed by atoms with Gasteiger partial charge in [-0.25, -0.2) is 0 Å². The molecule has 1 saturated heterocycles. The third-order valence-corrected chi connectivity index (χ3v) is 4.40. The summed E-state index contributed by atoms with van der Waals surface area (Å²) in [5, 5.41) is 11.1. The number of nitrogens with zero attached hydrogens (tertiary/aromatic N) is 5. The lowest BCUT2D eigenvalue weighted by Gasteiger charge is -2.21. The Labute approximate surface area is 172 Å². The van der Waals surface area contributed by atoms with Crippen molar-refractivity contribution in [1.29, 1.82) is 0 Å². The molecule has 0 spiro atoms. The first-order chi connectivity index (χ1) is 12.4. The van der Waals surface area contributed by atoms with Crippen LogP contribution in [0.15, 0.2) is 23.3 Å². The molecule has 2 aromatic heterocycles. The van der Waals surface area contributed by atoms with Gasteiger partial charge in [0.05, 0.1) is 18.7 Å². The molecule has 1 fully saturated rings. The molecule has 150 valence electrons. The first-order valence-electron chi connectivity index (χ1n) is 8.27. The molecule has 1 aliphatic rings. The lowest BCUT2D eigenvalue weighted by atomic mass is 10.1. The number of ether oxygens (including phenoxy) is 1. The molecular formula is C16H22F3IN6O. The van der Waals surface area contributed by atoms with E-state index >= 15 is 0 Å². The maximum Gasteiger partial charge on any atom is 0.417 e. The number of nitrogens with one attached hydrogen (secondary N) is 1. The van der Waals surface area contributed by atoms with Crippen LogP contribution in [0.1, 0.15) is 17.8 Å². The summed E-state index contributed by atoms with van der Waals surface area (Å²) in [5.41, 5.74) is -0.372. The zero-order valence-corrected chi connectivity index (χ0v) is 17.4. The lowest BCUT2D eigenvalue weighted by Crippen LogP contribution is -2.40. The number of fused-ring (bicyclic) bond motifs is 1. The van der Waals surface area contributed by atoms with Crippen LogP contribution in [0.25, 0.3) is 5.65 Å². The Kier molecular flexibility index (Phi) is 7.25. The zero-order chi connectivity index (χ0) is 18.7. The molecule has 2 aromatic rings. The summed E-state index contributed by atoms with van der Waals surface area (Å²) < 4.78 is 45.3. The van der Waals surface area contributed by atoms with Gasteiger partial charge in [0.1, 0.15) is 0 Å². The highest BCUT2D eigenvalue weighted by atomic mass is 127. The number of aromatic nitrogens is 3. The Hall–Kier alpha value is -1.63. The molecule has 3 rings (SSSR count). The molecule has 3 heterocycles. The highest BCUT2D eigenvalue weighted by molar-refractivity contribution is 14.0. The van der Waals surface area contributed by atoms with Crippen LogP contribution in [0.4, 0.5) is 13.2 Å². The number of likely N-dealkylation sites (tertiary alicyclic amines) is 1. The average molecular weight is 498 g/mol. The Morgan fingerprint density at radius 1 is 1.37 bits per heavy atom. The average Bonchev–Trinajstić information content (AvgIpc) is 3.22. The zero-order valence-electron chi connectivity index (χ0n) is 15.0. The number of methoxy groups -OCH3 is 1. The molecule has 0 bridgehead atoms. The summed E-state index contributed by atoms with van der Waals surface area (Å²) in [6.45, 7) is 2.60. The van der Waals surface area contributed by atoms with Crippen LogP contribution in [0, 0.1) is 5.92 Å². The van der Waals surface area contributed by atoms with Gasteiger partial charge in [0.15, 0.2) is 17.4 Å². The summed E-state index contributed by atoms with van der Waals surface area (Å²) >= 11 is 0. The molecule has 0 aliphatic carbocycles. The highest BCUT2D eigenvalue weighted by Gasteiger charge is 2.31. The maximum absolute atomic E-state index is 12.9. The van der Waals surface area contributed by atoms with Crippen LogP contribution in [0.2, 0.25) is 0 Å². The summed E-state index contributed by atoms with van der Waals surface area (Å²) in [6.07, 6.45) is -2.39. The van der Waals surface area contributed by atoms with E-state index in [2.05, 4.69) is 25.4 Å². The normalized spacial score (nSPS) is 18.0. The quantitative estimate of drug-likeness (QED) is 0.399. The standard InChI is InChI=1S/C16H21F3N6O.HI/c1-20-15(24-6-5-11(8-24)10-26-2)21-7-14-23-22-13-4-3-12(9-25(13)14)16(17,18)19;/h3-4,9,11H,5-8,10H2,1-2H3,(H,20,21);1H. The summed E-state index contributed by atoms with van der Waals surface area (Å²) in [5.74, 6) is 1.52. The van der Waals surface area contributed by atoms with Gasteiger partial charge < -0.3 is 15.0 Å². The second-order valence-corrected chi connectivity index (χ2v) is 6.22. The van der Waals surface area contributed by atoms with Crippen LogP contribution >= 0.6 is 24.0 Å². The second-order valence-electron chi connectivity index (χ2n) is 6.22.